The number of carboxylic acid groups (broad SMARTS) is 1. The molecular weight excluding hydrogens is 314 g/mol. The van der Waals surface area contributed by atoms with Crippen LogP contribution in [0.5, 0.6) is 0 Å². The summed E-state index contributed by atoms with van der Waals surface area (Å²) in [7, 11) is -3.72. The number of anilines is 1. The number of hydrogen-bond donors (Lipinski definition) is 1. The van der Waals surface area contributed by atoms with Gasteiger partial charge in [0.25, 0.3) is 0 Å². The van der Waals surface area contributed by atoms with Crippen molar-refractivity contribution < 1.29 is 18.3 Å². The Hall–Kier alpha value is -2.08. The normalized spacial score (nSPS) is 13.2. The second-order valence-corrected chi connectivity index (χ2v) is 7.93. The van der Waals surface area contributed by atoms with E-state index in [-0.39, 0.29) is 12.3 Å². The van der Waals surface area contributed by atoms with Crippen molar-refractivity contribution in [2.75, 3.05) is 10.6 Å². The van der Waals surface area contributed by atoms with Gasteiger partial charge in [0.1, 0.15) is 6.04 Å². The molecule has 23 heavy (non-hydrogen) atoms. The third-order valence-electron chi connectivity index (χ3n) is 3.61. The van der Waals surface area contributed by atoms with Gasteiger partial charge in [-0.15, -0.1) is 0 Å². The number of sulfonamides is 1. The summed E-state index contributed by atoms with van der Waals surface area (Å²) in [6, 6.07) is 11.6. The highest BCUT2D eigenvalue weighted by atomic mass is 32.2. The van der Waals surface area contributed by atoms with E-state index < -0.39 is 22.0 Å². The molecule has 2 aromatic rings. The molecule has 0 bridgehead atoms. The molecule has 0 amide bonds. The number of rotatable bonds is 6. The summed E-state index contributed by atoms with van der Waals surface area (Å²) < 4.78 is 25.5. The van der Waals surface area contributed by atoms with Crippen molar-refractivity contribution in [1.82, 2.24) is 0 Å². The van der Waals surface area contributed by atoms with Crippen LogP contribution in [0.2, 0.25) is 0 Å². The van der Waals surface area contributed by atoms with Crippen LogP contribution in [-0.4, -0.2) is 31.8 Å². The number of nitrogens with zero attached hydrogens (tertiary/aromatic N) is 1. The van der Waals surface area contributed by atoms with Crippen LogP contribution in [0.15, 0.2) is 42.5 Å². The van der Waals surface area contributed by atoms with Crippen molar-refractivity contribution in [1.29, 1.82) is 0 Å². The number of carbonyl (C=O) groups is 1. The number of carboxylic acids is 1. The molecule has 0 saturated carbocycles. The number of hydrogen-bond acceptors (Lipinski definition) is 3. The lowest BCUT2D eigenvalue weighted by atomic mass is 10.0. The zero-order valence-corrected chi connectivity index (χ0v) is 14.2. The maximum atomic E-state index is 12.3. The Morgan fingerprint density at radius 2 is 1.74 bits per heavy atom. The molecule has 2 rings (SSSR count). The Morgan fingerprint density at radius 3 is 2.26 bits per heavy atom. The molecule has 1 atom stereocenters. The van der Waals surface area contributed by atoms with Crippen LogP contribution in [0.1, 0.15) is 20.3 Å². The molecule has 6 heteroatoms. The molecule has 0 aliphatic carbocycles. The molecule has 0 aliphatic rings. The summed E-state index contributed by atoms with van der Waals surface area (Å²) in [4.78, 5) is 11.7. The van der Waals surface area contributed by atoms with Crippen LogP contribution >= 0.6 is 0 Å². The van der Waals surface area contributed by atoms with Gasteiger partial charge in [0.2, 0.25) is 10.0 Å². The lowest BCUT2D eigenvalue weighted by Crippen LogP contribution is -2.45. The molecule has 0 spiro atoms. The summed E-state index contributed by atoms with van der Waals surface area (Å²) in [5.41, 5.74) is 0.374. The van der Waals surface area contributed by atoms with E-state index in [2.05, 4.69) is 0 Å². The lowest BCUT2D eigenvalue weighted by molar-refractivity contribution is -0.138. The van der Waals surface area contributed by atoms with Gasteiger partial charge in [-0.05, 0) is 35.2 Å². The van der Waals surface area contributed by atoms with Crippen molar-refractivity contribution in [3.8, 4) is 0 Å². The van der Waals surface area contributed by atoms with Crippen molar-refractivity contribution >= 4 is 32.5 Å². The molecule has 5 nitrogen and oxygen atoms in total. The third kappa shape index (κ3) is 4.01. The lowest BCUT2D eigenvalue weighted by Gasteiger charge is -2.30. The summed E-state index contributed by atoms with van der Waals surface area (Å²) >= 11 is 0. The molecule has 0 unspecified atom stereocenters. The van der Waals surface area contributed by atoms with E-state index >= 15 is 0 Å². The van der Waals surface area contributed by atoms with Gasteiger partial charge < -0.3 is 5.11 Å². The third-order valence-corrected chi connectivity index (χ3v) is 4.79. The van der Waals surface area contributed by atoms with Crippen molar-refractivity contribution in [3.63, 3.8) is 0 Å². The first-order chi connectivity index (χ1) is 10.7. The van der Waals surface area contributed by atoms with E-state index in [1.807, 2.05) is 38.1 Å². The second kappa shape index (κ2) is 6.58. The van der Waals surface area contributed by atoms with Gasteiger partial charge in [-0.3, -0.25) is 4.31 Å². The average molecular weight is 335 g/mol. The second-order valence-electron chi connectivity index (χ2n) is 6.07. The largest absolute Gasteiger partial charge is 0.480 e. The molecular formula is C17H21NO4S. The molecule has 0 radical (unpaired) electrons. The van der Waals surface area contributed by atoms with Crippen LogP contribution in [0.3, 0.4) is 0 Å². The van der Waals surface area contributed by atoms with Gasteiger partial charge in [0, 0.05) is 0 Å². The van der Waals surface area contributed by atoms with Gasteiger partial charge in [-0.25, -0.2) is 13.2 Å². The first kappa shape index (κ1) is 17.3. The van der Waals surface area contributed by atoms with E-state index in [1.165, 1.54) is 0 Å². The maximum Gasteiger partial charge on any atom is 0.327 e. The molecule has 1 N–H and O–H groups in total. The van der Waals surface area contributed by atoms with Crippen LogP contribution in [0.4, 0.5) is 5.69 Å². The Balaban J connectivity index is 2.58. The van der Waals surface area contributed by atoms with Crippen molar-refractivity contribution in [3.05, 3.63) is 42.5 Å². The fourth-order valence-electron chi connectivity index (χ4n) is 2.66. The predicted molar refractivity (Wildman–Crippen MR) is 92.1 cm³/mol. The predicted octanol–water partition coefficient (Wildman–Crippen LogP) is 3.11. The Morgan fingerprint density at radius 1 is 1.13 bits per heavy atom. The van der Waals surface area contributed by atoms with Gasteiger partial charge in [0.05, 0.1) is 11.9 Å². The molecule has 0 fully saturated rings. The molecule has 2 aromatic carbocycles. The van der Waals surface area contributed by atoms with E-state index in [9.17, 15) is 18.3 Å². The highest BCUT2D eigenvalue weighted by Gasteiger charge is 2.33. The Labute approximate surface area is 136 Å². The van der Waals surface area contributed by atoms with Crippen molar-refractivity contribution in [2.24, 2.45) is 5.92 Å². The summed E-state index contributed by atoms with van der Waals surface area (Å²) in [6.07, 6.45) is 1.29. The zero-order chi connectivity index (χ0) is 17.2. The van der Waals surface area contributed by atoms with E-state index in [1.54, 1.807) is 18.2 Å². The van der Waals surface area contributed by atoms with Crippen LogP contribution < -0.4 is 4.31 Å². The van der Waals surface area contributed by atoms with Crippen LogP contribution in [0, 0.1) is 5.92 Å². The first-order valence-electron chi connectivity index (χ1n) is 7.41. The standard InChI is InChI=1S/C17H21NO4S/c1-12(2)10-16(17(19)20)18(23(3,21)22)15-9-8-13-6-4-5-7-14(13)11-15/h4-9,11-12,16H,10H2,1-3H3,(H,19,20)/t16-/m1/s1. The van der Waals surface area contributed by atoms with Gasteiger partial charge in [-0.2, -0.15) is 0 Å². The molecule has 0 saturated heterocycles. The Bertz CT molecular complexity index is 814. The van der Waals surface area contributed by atoms with Gasteiger partial charge in [0.15, 0.2) is 0 Å². The number of aliphatic carboxylic acids is 1. The minimum absolute atomic E-state index is 0.0563. The van der Waals surface area contributed by atoms with E-state index in [0.29, 0.717) is 5.69 Å². The van der Waals surface area contributed by atoms with E-state index in [4.69, 9.17) is 0 Å². The molecule has 124 valence electrons. The summed E-state index contributed by atoms with van der Waals surface area (Å²) in [5, 5.41) is 11.4. The smallest absolute Gasteiger partial charge is 0.327 e. The van der Waals surface area contributed by atoms with Crippen molar-refractivity contribution in [2.45, 2.75) is 26.3 Å². The summed E-state index contributed by atoms with van der Waals surface area (Å²) in [6.45, 7) is 3.74. The van der Waals surface area contributed by atoms with Gasteiger partial charge >= 0.3 is 5.97 Å². The monoisotopic (exact) mass is 335 g/mol. The SMILES string of the molecule is CC(C)C[C@H](C(=O)O)N(c1ccc2ccccc2c1)S(C)(=O)=O. The fourth-order valence-corrected chi connectivity index (χ4v) is 3.79. The molecule has 0 aromatic heterocycles. The minimum atomic E-state index is -3.72. The fraction of sp³-hybridized carbons (Fsp3) is 0.353. The maximum absolute atomic E-state index is 12.3. The topological polar surface area (TPSA) is 74.7 Å². The molecule has 0 aliphatic heterocycles. The van der Waals surface area contributed by atoms with Crippen LogP contribution in [0.25, 0.3) is 10.8 Å². The average Bonchev–Trinajstić information content (AvgIpc) is 2.44. The van der Waals surface area contributed by atoms with Gasteiger partial charge in [-0.1, -0.05) is 44.2 Å². The first-order valence-corrected chi connectivity index (χ1v) is 9.26. The van der Waals surface area contributed by atoms with E-state index in [0.717, 1.165) is 21.3 Å². The summed E-state index contributed by atoms with van der Waals surface area (Å²) in [5.74, 6) is -1.09. The molecule has 0 heterocycles. The zero-order valence-electron chi connectivity index (χ0n) is 13.4. The number of benzene rings is 2. The Kier molecular flexibility index (Phi) is 4.94. The number of fused-ring (bicyclic) bond motifs is 1. The highest BCUT2D eigenvalue weighted by molar-refractivity contribution is 7.92. The quantitative estimate of drug-likeness (QED) is 0.880. The van der Waals surface area contributed by atoms with Crippen LogP contribution in [-0.2, 0) is 14.8 Å². The highest BCUT2D eigenvalue weighted by Crippen LogP contribution is 2.28. The minimum Gasteiger partial charge on any atom is -0.480 e.